The van der Waals surface area contributed by atoms with Gasteiger partial charge >= 0.3 is 0 Å². The van der Waals surface area contributed by atoms with Crippen LogP contribution in [0.1, 0.15) is 20.3 Å². The molecule has 1 fully saturated rings. The van der Waals surface area contributed by atoms with Crippen molar-refractivity contribution in [3.8, 4) is 0 Å². The molecule has 1 saturated heterocycles. The van der Waals surface area contributed by atoms with Crippen molar-refractivity contribution >= 4 is 17.3 Å². The van der Waals surface area contributed by atoms with E-state index >= 15 is 0 Å². The molecule has 1 N–H and O–H groups in total. The second kappa shape index (κ2) is 4.64. The molecule has 3 heteroatoms. The van der Waals surface area contributed by atoms with Crippen molar-refractivity contribution in [2.45, 2.75) is 25.8 Å². The SMILES string of the molecule is CC1(C)CCN(c2cccc(Cl)c2)CCN1. The number of nitrogens with one attached hydrogen (secondary N) is 1. The standard InChI is InChI=1S/C13H19ClN2/c1-13(2)6-8-16(9-7-15-13)12-5-3-4-11(14)10-12/h3-5,10,15H,6-9H2,1-2H3. The average Bonchev–Trinajstić information content (AvgIpc) is 2.39. The molecule has 0 amide bonds. The fraction of sp³-hybridized carbons (Fsp3) is 0.538. The van der Waals surface area contributed by atoms with Gasteiger partial charge in [0, 0.05) is 35.9 Å². The number of benzene rings is 1. The predicted octanol–water partition coefficient (Wildman–Crippen LogP) is 2.92. The first-order valence-electron chi connectivity index (χ1n) is 5.82. The molecule has 2 nitrogen and oxygen atoms in total. The molecule has 1 aromatic carbocycles. The van der Waals surface area contributed by atoms with Gasteiger partial charge in [-0.15, -0.1) is 0 Å². The zero-order valence-corrected chi connectivity index (χ0v) is 10.7. The molecule has 88 valence electrons. The first-order chi connectivity index (χ1) is 7.57. The van der Waals surface area contributed by atoms with Gasteiger partial charge in [-0.1, -0.05) is 17.7 Å². The molecule has 1 aromatic rings. The lowest BCUT2D eigenvalue weighted by molar-refractivity contribution is 0.394. The summed E-state index contributed by atoms with van der Waals surface area (Å²) < 4.78 is 0. The summed E-state index contributed by atoms with van der Waals surface area (Å²) in [6, 6.07) is 8.11. The molecule has 1 aliphatic rings. The second-order valence-electron chi connectivity index (χ2n) is 5.03. The lowest BCUT2D eigenvalue weighted by atomic mass is 10.0. The lowest BCUT2D eigenvalue weighted by Crippen LogP contribution is -2.39. The van der Waals surface area contributed by atoms with Crippen LogP contribution in [0.2, 0.25) is 5.02 Å². The third kappa shape index (κ3) is 2.89. The molecule has 1 heterocycles. The van der Waals surface area contributed by atoms with E-state index in [0.717, 1.165) is 31.1 Å². The average molecular weight is 239 g/mol. The molecule has 0 aromatic heterocycles. The highest BCUT2D eigenvalue weighted by atomic mass is 35.5. The van der Waals surface area contributed by atoms with Crippen LogP contribution in [0.25, 0.3) is 0 Å². The van der Waals surface area contributed by atoms with Gasteiger partial charge in [0.25, 0.3) is 0 Å². The summed E-state index contributed by atoms with van der Waals surface area (Å²) in [5.74, 6) is 0. The van der Waals surface area contributed by atoms with Crippen molar-refractivity contribution in [3.63, 3.8) is 0 Å². The Labute approximate surface area is 103 Å². The molecule has 1 aliphatic heterocycles. The molecule has 0 unspecified atom stereocenters. The molecular weight excluding hydrogens is 220 g/mol. The topological polar surface area (TPSA) is 15.3 Å². The lowest BCUT2D eigenvalue weighted by Gasteiger charge is -2.24. The van der Waals surface area contributed by atoms with Crippen LogP contribution in [0.5, 0.6) is 0 Å². The zero-order valence-electron chi connectivity index (χ0n) is 9.96. The number of hydrogen-bond acceptors (Lipinski definition) is 2. The largest absolute Gasteiger partial charge is 0.370 e. The Balaban J connectivity index is 2.11. The Bertz CT molecular complexity index is 363. The summed E-state index contributed by atoms with van der Waals surface area (Å²) in [6.45, 7) is 7.67. The number of nitrogens with zero attached hydrogens (tertiary/aromatic N) is 1. The third-order valence-electron chi connectivity index (χ3n) is 3.17. The van der Waals surface area contributed by atoms with Crippen LogP contribution in [0, 0.1) is 0 Å². The van der Waals surface area contributed by atoms with Crippen LogP contribution >= 0.6 is 11.6 Å². The minimum absolute atomic E-state index is 0.243. The Morgan fingerprint density at radius 3 is 2.88 bits per heavy atom. The smallest absolute Gasteiger partial charge is 0.0426 e. The molecule has 16 heavy (non-hydrogen) atoms. The van der Waals surface area contributed by atoms with Gasteiger partial charge in [0.15, 0.2) is 0 Å². The minimum Gasteiger partial charge on any atom is -0.370 e. The molecule has 0 radical (unpaired) electrons. The fourth-order valence-electron chi connectivity index (χ4n) is 2.07. The van der Waals surface area contributed by atoms with Gasteiger partial charge in [-0.05, 0) is 38.5 Å². The summed E-state index contributed by atoms with van der Waals surface area (Å²) in [5.41, 5.74) is 1.47. The molecule has 0 aliphatic carbocycles. The van der Waals surface area contributed by atoms with Crippen LogP contribution in [0.4, 0.5) is 5.69 Å². The van der Waals surface area contributed by atoms with E-state index in [2.05, 4.69) is 30.1 Å². The number of halogens is 1. The Morgan fingerprint density at radius 2 is 2.12 bits per heavy atom. The van der Waals surface area contributed by atoms with Gasteiger partial charge in [0.05, 0.1) is 0 Å². The summed E-state index contributed by atoms with van der Waals surface area (Å²) in [5, 5.41) is 4.37. The summed E-state index contributed by atoms with van der Waals surface area (Å²) in [7, 11) is 0. The fourth-order valence-corrected chi connectivity index (χ4v) is 2.26. The van der Waals surface area contributed by atoms with Crippen LogP contribution in [-0.4, -0.2) is 25.2 Å². The highest BCUT2D eigenvalue weighted by molar-refractivity contribution is 6.30. The maximum atomic E-state index is 6.02. The van der Waals surface area contributed by atoms with E-state index in [4.69, 9.17) is 11.6 Å². The van der Waals surface area contributed by atoms with Gasteiger partial charge in [-0.2, -0.15) is 0 Å². The first-order valence-corrected chi connectivity index (χ1v) is 6.20. The second-order valence-corrected chi connectivity index (χ2v) is 5.46. The van der Waals surface area contributed by atoms with E-state index in [1.165, 1.54) is 5.69 Å². The minimum atomic E-state index is 0.243. The quantitative estimate of drug-likeness (QED) is 0.810. The van der Waals surface area contributed by atoms with Crippen molar-refractivity contribution in [2.75, 3.05) is 24.5 Å². The molecular formula is C13H19ClN2. The maximum absolute atomic E-state index is 6.02. The van der Waals surface area contributed by atoms with Crippen molar-refractivity contribution in [1.29, 1.82) is 0 Å². The van der Waals surface area contributed by atoms with Crippen LogP contribution in [0.15, 0.2) is 24.3 Å². The summed E-state index contributed by atoms with van der Waals surface area (Å²) >= 11 is 6.02. The van der Waals surface area contributed by atoms with Crippen molar-refractivity contribution in [2.24, 2.45) is 0 Å². The Kier molecular flexibility index (Phi) is 3.41. The van der Waals surface area contributed by atoms with Gasteiger partial charge in [0.2, 0.25) is 0 Å². The van der Waals surface area contributed by atoms with Crippen molar-refractivity contribution in [1.82, 2.24) is 5.32 Å². The van der Waals surface area contributed by atoms with E-state index in [1.54, 1.807) is 0 Å². The first kappa shape index (κ1) is 11.7. The Hall–Kier alpha value is -0.730. The van der Waals surface area contributed by atoms with Crippen molar-refractivity contribution < 1.29 is 0 Å². The molecule has 0 saturated carbocycles. The highest BCUT2D eigenvalue weighted by Crippen LogP contribution is 2.22. The Morgan fingerprint density at radius 1 is 1.31 bits per heavy atom. The van der Waals surface area contributed by atoms with E-state index in [-0.39, 0.29) is 5.54 Å². The van der Waals surface area contributed by atoms with E-state index in [1.807, 2.05) is 18.2 Å². The number of hydrogen-bond donors (Lipinski definition) is 1. The van der Waals surface area contributed by atoms with E-state index < -0.39 is 0 Å². The molecule has 2 rings (SSSR count). The third-order valence-corrected chi connectivity index (χ3v) is 3.40. The van der Waals surface area contributed by atoms with Gasteiger partial charge in [-0.3, -0.25) is 0 Å². The number of anilines is 1. The zero-order chi connectivity index (χ0) is 11.6. The molecule has 0 atom stereocenters. The maximum Gasteiger partial charge on any atom is 0.0426 e. The van der Waals surface area contributed by atoms with Gasteiger partial charge < -0.3 is 10.2 Å². The normalized spacial score (nSPS) is 20.6. The van der Waals surface area contributed by atoms with Gasteiger partial charge in [0.1, 0.15) is 0 Å². The highest BCUT2D eigenvalue weighted by Gasteiger charge is 2.22. The van der Waals surface area contributed by atoms with Crippen LogP contribution in [0.3, 0.4) is 0 Å². The number of rotatable bonds is 1. The molecule has 0 bridgehead atoms. The predicted molar refractivity (Wildman–Crippen MR) is 70.4 cm³/mol. The molecule has 0 spiro atoms. The van der Waals surface area contributed by atoms with Crippen LogP contribution < -0.4 is 10.2 Å². The summed E-state index contributed by atoms with van der Waals surface area (Å²) in [4.78, 5) is 2.40. The van der Waals surface area contributed by atoms with Crippen molar-refractivity contribution in [3.05, 3.63) is 29.3 Å². The van der Waals surface area contributed by atoms with Crippen LogP contribution in [-0.2, 0) is 0 Å². The van der Waals surface area contributed by atoms with Gasteiger partial charge in [-0.25, -0.2) is 0 Å². The monoisotopic (exact) mass is 238 g/mol. The van der Waals surface area contributed by atoms with E-state index in [0.29, 0.717) is 0 Å². The van der Waals surface area contributed by atoms with E-state index in [9.17, 15) is 0 Å². The summed E-state index contributed by atoms with van der Waals surface area (Å²) in [6.07, 6.45) is 1.15.